The first-order valence-corrected chi connectivity index (χ1v) is 4.06. The van der Waals surface area contributed by atoms with E-state index in [1.165, 1.54) is 14.0 Å². The summed E-state index contributed by atoms with van der Waals surface area (Å²) in [5, 5.41) is 9.71. The minimum atomic E-state index is -1.41. The fraction of sp³-hybridized carbons (Fsp3) is 0.375. The zero-order valence-corrected chi connectivity index (χ0v) is 7.41. The van der Waals surface area contributed by atoms with Crippen LogP contribution in [0, 0.1) is 5.82 Å². The summed E-state index contributed by atoms with van der Waals surface area (Å²) in [7, 11) is 1.48. The fourth-order valence-electron chi connectivity index (χ4n) is 1.69. The summed E-state index contributed by atoms with van der Waals surface area (Å²) >= 11 is 0. The molecule has 1 aromatic heterocycles. The van der Waals surface area contributed by atoms with Crippen LogP contribution < -0.4 is 0 Å². The van der Waals surface area contributed by atoms with Crippen molar-refractivity contribution in [2.75, 3.05) is 0 Å². The molecule has 0 saturated heterocycles. The molecule has 0 aliphatic carbocycles. The van der Waals surface area contributed by atoms with Crippen molar-refractivity contribution in [1.29, 1.82) is 0 Å². The van der Waals surface area contributed by atoms with Crippen molar-refractivity contribution in [2.24, 2.45) is 0 Å². The first kappa shape index (κ1) is 8.65. The third-order valence-corrected chi connectivity index (χ3v) is 2.25. The molecule has 2 heterocycles. The highest BCUT2D eigenvalue weighted by Crippen LogP contribution is 2.40. The smallest absolute Gasteiger partial charge is 0.184 e. The van der Waals surface area contributed by atoms with Crippen molar-refractivity contribution in [3.63, 3.8) is 0 Å². The Balaban J connectivity index is 2.65. The van der Waals surface area contributed by atoms with Gasteiger partial charge in [-0.25, -0.2) is 4.39 Å². The molecule has 0 spiro atoms. The van der Waals surface area contributed by atoms with Crippen molar-refractivity contribution in [3.05, 3.63) is 29.3 Å². The fourth-order valence-corrected chi connectivity index (χ4v) is 1.69. The second-order valence-corrected chi connectivity index (χ2v) is 3.33. The zero-order valence-electron chi connectivity index (χ0n) is 7.41. The molecule has 13 heavy (non-hydrogen) atoms. The van der Waals surface area contributed by atoms with Crippen LogP contribution in [0.25, 0.3) is 0 Å². The molecule has 1 aromatic rings. The van der Waals surface area contributed by atoms with E-state index in [0.29, 0.717) is 11.1 Å². The van der Waals surface area contributed by atoms with Gasteiger partial charge in [0.25, 0.3) is 0 Å². The molecule has 2 atom stereocenters. The molecule has 2 unspecified atom stereocenters. The molecule has 0 amide bonds. The van der Waals surface area contributed by atoms with E-state index < -0.39 is 17.6 Å². The van der Waals surface area contributed by atoms with Crippen molar-refractivity contribution < 1.29 is 14.2 Å². The van der Waals surface area contributed by atoms with Crippen LogP contribution in [0.15, 0.2) is 12.4 Å². The van der Waals surface area contributed by atoms with Crippen molar-refractivity contribution in [1.82, 2.24) is 4.98 Å². The van der Waals surface area contributed by atoms with Crippen molar-refractivity contribution in [2.45, 2.75) is 18.7 Å². The van der Waals surface area contributed by atoms with Gasteiger partial charge in [0.15, 0.2) is 13.5 Å². The van der Waals surface area contributed by atoms with Gasteiger partial charge >= 0.3 is 0 Å². The molecule has 0 saturated carbocycles. The monoisotopic (exact) mass is 181 g/mol. The second kappa shape index (κ2) is 2.53. The van der Waals surface area contributed by atoms with E-state index in [1.807, 2.05) is 0 Å². The molecular formula is C8H9BFNO2. The van der Waals surface area contributed by atoms with Crippen LogP contribution in [0.4, 0.5) is 4.39 Å². The largest absolute Gasteiger partial charge is 0.370 e. The number of hydrogen-bond acceptors (Lipinski definition) is 3. The molecular weight excluding hydrogens is 172 g/mol. The summed E-state index contributed by atoms with van der Waals surface area (Å²) in [6.07, 6.45) is 2.13. The molecule has 5 heteroatoms. The quantitative estimate of drug-likeness (QED) is 0.575. The number of aromatic nitrogens is 1. The van der Waals surface area contributed by atoms with Crippen LogP contribution in [-0.2, 0) is 10.4 Å². The maximum absolute atomic E-state index is 13.2. The molecule has 1 aliphatic heterocycles. The van der Waals surface area contributed by atoms with Gasteiger partial charge in [-0.15, -0.1) is 0 Å². The lowest BCUT2D eigenvalue weighted by molar-refractivity contribution is -0.155. The highest BCUT2D eigenvalue weighted by Gasteiger charge is 2.39. The normalized spacial score (nSPS) is 31.8. The average molecular weight is 181 g/mol. The zero-order chi connectivity index (χ0) is 9.64. The molecule has 0 bridgehead atoms. The second-order valence-electron chi connectivity index (χ2n) is 3.33. The van der Waals surface area contributed by atoms with Gasteiger partial charge in [0.05, 0.1) is 12.3 Å². The molecule has 3 nitrogen and oxygen atoms in total. The van der Waals surface area contributed by atoms with E-state index in [4.69, 9.17) is 4.74 Å². The van der Waals surface area contributed by atoms with E-state index in [9.17, 15) is 9.50 Å². The molecule has 68 valence electrons. The van der Waals surface area contributed by atoms with Crippen LogP contribution in [0.3, 0.4) is 0 Å². The average Bonchev–Trinajstić information content (AvgIpc) is 2.24. The van der Waals surface area contributed by atoms with Gasteiger partial charge in [-0.3, -0.25) is 4.98 Å². The molecule has 0 radical (unpaired) electrons. The minimum absolute atomic E-state index is 0.403. The maximum Gasteiger partial charge on any atom is 0.184 e. The molecule has 1 N–H and O–H groups in total. The predicted octanol–water partition coefficient (Wildman–Crippen LogP) is 0.0476. The predicted molar refractivity (Wildman–Crippen MR) is 46.1 cm³/mol. The number of halogens is 1. The summed E-state index contributed by atoms with van der Waals surface area (Å²) in [6, 6.07) is 0. The Morgan fingerprint density at radius 2 is 2.38 bits per heavy atom. The molecule has 0 fully saturated rings. The van der Waals surface area contributed by atoms with Crippen LogP contribution in [-0.4, -0.2) is 17.9 Å². The van der Waals surface area contributed by atoms with Gasteiger partial charge in [-0.05, 0) is 6.92 Å². The maximum atomic E-state index is 13.2. The van der Waals surface area contributed by atoms with Gasteiger partial charge in [0, 0.05) is 17.3 Å². The Morgan fingerprint density at radius 3 is 3.00 bits per heavy atom. The van der Waals surface area contributed by atoms with E-state index >= 15 is 0 Å². The molecule has 0 aromatic carbocycles. The van der Waals surface area contributed by atoms with E-state index in [2.05, 4.69) is 4.98 Å². The van der Waals surface area contributed by atoms with Crippen molar-refractivity contribution >= 4 is 7.85 Å². The lowest BCUT2D eigenvalue weighted by Gasteiger charge is -2.17. The molecule has 1 aliphatic rings. The third-order valence-electron chi connectivity index (χ3n) is 2.25. The summed E-state index contributed by atoms with van der Waals surface area (Å²) in [6.45, 7) is 1.70. The summed E-state index contributed by atoms with van der Waals surface area (Å²) in [5.74, 6) is -0.428. The lowest BCUT2D eigenvalue weighted by atomic mass is 9.87. The highest BCUT2D eigenvalue weighted by atomic mass is 19.1. The topological polar surface area (TPSA) is 42.4 Å². The van der Waals surface area contributed by atoms with Crippen LogP contribution in [0.2, 0.25) is 0 Å². The third kappa shape index (κ3) is 1.15. The number of fused-ring (bicyclic) bond motifs is 1. The van der Waals surface area contributed by atoms with Gasteiger partial charge < -0.3 is 9.84 Å². The SMILES string of the molecule is BC1(O)OC(C)c2c(F)cncc21. The van der Waals surface area contributed by atoms with E-state index in [-0.39, 0.29) is 0 Å². The highest BCUT2D eigenvalue weighted by molar-refractivity contribution is 6.13. The lowest BCUT2D eigenvalue weighted by Crippen LogP contribution is -2.24. The number of hydrogen-bond donors (Lipinski definition) is 1. The van der Waals surface area contributed by atoms with Crippen LogP contribution >= 0.6 is 0 Å². The van der Waals surface area contributed by atoms with Crippen molar-refractivity contribution in [3.8, 4) is 0 Å². The minimum Gasteiger partial charge on any atom is -0.370 e. The van der Waals surface area contributed by atoms with E-state index in [0.717, 1.165) is 6.20 Å². The number of aliphatic hydroxyl groups is 1. The number of nitrogens with zero attached hydrogens (tertiary/aromatic N) is 1. The first-order chi connectivity index (χ1) is 6.02. The Hall–Kier alpha value is -0.935. The van der Waals surface area contributed by atoms with Crippen LogP contribution in [0.1, 0.15) is 24.2 Å². The summed E-state index contributed by atoms with van der Waals surface area (Å²) in [4.78, 5) is 3.67. The molecule has 2 rings (SSSR count). The summed E-state index contributed by atoms with van der Waals surface area (Å²) < 4.78 is 18.4. The number of rotatable bonds is 0. The summed E-state index contributed by atoms with van der Waals surface area (Å²) in [5.41, 5.74) is -0.593. The Bertz CT molecular complexity index is 356. The van der Waals surface area contributed by atoms with Crippen LogP contribution in [0.5, 0.6) is 0 Å². The van der Waals surface area contributed by atoms with Gasteiger partial charge in [-0.1, -0.05) is 0 Å². The van der Waals surface area contributed by atoms with E-state index in [1.54, 1.807) is 6.92 Å². The Morgan fingerprint density at radius 1 is 1.69 bits per heavy atom. The Labute approximate surface area is 76.0 Å². The standard InChI is InChI=1S/C8H9BFNO2/c1-4-7-5(8(9,12)13-4)2-11-3-6(7)10/h2-4,12H,9H2,1H3. The van der Waals surface area contributed by atoms with Gasteiger partial charge in [-0.2, -0.15) is 0 Å². The number of ether oxygens (including phenoxy) is 1. The first-order valence-electron chi connectivity index (χ1n) is 4.06. The number of pyridine rings is 1. The van der Waals surface area contributed by atoms with Gasteiger partial charge in [0.2, 0.25) is 0 Å². The Kier molecular flexibility index (Phi) is 1.68. The van der Waals surface area contributed by atoms with Gasteiger partial charge in [0.1, 0.15) is 5.82 Å².